The molecule has 0 bridgehead atoms. The SMILES string of the molecule is CC1(C)CC(=O)C2=C(C1)Nc1sc(C#N)c(N)c1[C@@H]2c1ccc(Br)cc1. The number of thiophene rings is 1. The summed E-state index contributed by atoms with van der Waals surface area (Å²) in [5, 5.41) is 13.7. The summed E-state index contributed by atoms with van der Waals surface area (Å²) in [6, 6.07) is 10.2. The highest BCUT2D eigenvalue weighted by Gasteiger charge is 2.42. The topological polar surface area (TPSA) is 78.9 Å². The highest BCUT2D eigenvalue weighted by Crippen LogP contribution is 2.53. The molecule has 1 atom stereocenters. The van der Waals surface area contributed by atoms with Gasteiger partial charge in [0, 0.05) is 33.6 Å². The number of nitrogens with one attached hydrogen (secondary N) is 1. The number of nitriles is 1. The van der Waals surface area contributed by atoms with Crippen molar-refractivity contribution in [1.82, 2.24) is 0 Å². The van der Waals surface area contributed by atoms with Crippen LogP contribution in [-0.4, -0.2) is 5.78 Å². The molecule has 0 saturated carbocycles. The first-order chi connectivity index (χ1) is 12.3. The van der Waals surface area contributed by atoms with Crippen LogP contribution in [-0.2, 0) is 4.79 Å². The predicted molar refractivity (Wildman–Crippen MR) is 108 cm³/mol. The number of allylic oxidation sites excluding steroid dienone is 2. The number of anilines is 2. The molecule has 2 aromatic rings. The molecule has 1 aliphatic carbocycles. The standard InChI is InChI=1S/C20H18BrN3OS/c1-20(2)7-12-16(13(25)8-20)15(10-3-5-11(21)6-4-10)17-18(23)14(9-22)26-19(17)24-12/h3-6,15,24H,7-8,23H2,1-2H3/t15-/m1/s1. The number of ketones is 1. The van der Waals surface area contributed by atoms with Gasteiger partial charge >= 0.3 is 0 Å². The Morgan fingerprint density at radius 3 is 2.65 bits per heavy atom. The molecule has 1 aromatic carbocycles. The van der Waals surface area contributed by atoms with Gasteiger partial charge in [0.1, 0.15) is 15.9 Å². The molecule has 6 heteroatoms. The van der Waals surface area contributed by atoms with Gasteiger partial charge in [-0.3, -0.25) is 4.79 Å². The summed E-state index contributed by atoms with van der Waals surface area (Å²) in [6.45, 7) is 4.23. The lowest BCUT2D eigenvalue weighted by molar-refractivity contribution is -0.118. The number of fused-ring (bicyclic) bond motifs is 1. The molecule has 4 rings (SSSR count). The summed E-state index contributed by atoms with van der Waals surface area (Å²) in [5.41, 5.74) is 10.4. The molecule has 2 aliphatic rings. The van der Waals surface area contributed by atoms with Crippen molar-refractivity contribution in [2.24, 2.45) is 5.41 Å². The van der Waals surface area contributed by atoms with Gasteiger partial charge in [0.25, 0.3) is 0 Å². The van der Waals surface area contributed by atoms with Gasteiger partial charge < -0.3 is 11.1 Å². The van der Waals surface area contributed by atoms with Crippen molar-refractivity contribution < 1.29 is 4.79 Å². The van der Waals surface area contributed by atoms with Gasteiger partial charge in [0.05, 0.1) is 5.69 Å². The van der Waals surface area contributed by atoms with Crippen LogP contribution < -0.4 is 11.1 Å². The number of carbonyl (C=O) groups excluding carboxylic acids is 1. The van der Waals surface area contributed by atoms with E-state index in [9.17, 15) is 10.1 Å². The van der Waals surface area contributed by atoms with Gasteiger partial charge in [-0.05, 0) is 29.5 Å². The maximum Gasteiger partial charge on any atom is 0.162 e. The second-order valence-corrected chi connectivity index (χ2v) is 9.58. The van der Waals surface area contributed by atoms with E-state index in [2.05, 4.69) is 41.2 Å². The second-order valence-electron chi connectivity index (χ2n) is 7.64. The van der Waals surface area contributed by atoms with Crippen molar-refractivity contribution in [3.63, 3.8) is 0 Å². The first-order valence-corrected chi connectivity index (χ1v) is 10.0. The number of rotatable bonds is 1. The third-order valence-electron chi connectivity index (χ3n) is 5.05. The number of nitrogens with zero attached hydrogens (tertiary/aromatic N) is 1. The average Bonchev–Trinajstić information content (AvgIpc) is 2.88. The Labute approximate surface area is 164 Å². The largest absolute Gasteiger partial charge is 0.397 e. The van der Waals surface area contributed by atoms with Crippen LogP contribution in [0.25, 0.3) is 0 Å². The molecule has 0 radical (unpaired) electrons. The zero-order valence-corrected chi connectivity index (χ0v) is 16.9. The van der Waals surface area contributed by atoms with Crippen LogP contribution in [0.1, 0.15) is 48.6 Å². The number of carbonyl (C=O) groups is 1. The van der Waals surface area contributed by atoms with Gasteiger partial charge in [0.15, 0.2) is 5.78 Å². The van der Waals surface area contributed by atoms with Crippen molar-refractivity contribution >= 4 is 43.7 Å². The minimum atomic E-state index is -0.226. The fourth-order valence-corrected chi connectivity index (χ4v) is 5.22. The molecule has 0 saturated heterocycles. The van der Waals surface area contributed by atoms with Crippen LogP contribution in [0.3, 0.4) is 0 Å². The summed E-state index contributed by atoms with van der Waals surface area (Å²) in [7, 11) is 0. The number of benzene rings is 1. The second kappa shape index (κ2) is 5.97. The lowest BCUT2D eigenvalue weighted by Crippen LogP contribution is -2.33. The molecule has 132 valence electrons. The van der Waals surface area contributed by atoms with Crippen molar-refractivity contribution in [2.75, 3.05) is 11.1 Å². The van der Waals surface area contributed by atoms with E-state index in [0.717, 1.165) is 38.3 Å². The van der Waals surface area contributed by atoms with Crippen molar-refractivity contribution in [3.05, 3.63) is 56.0 Å². The highest BCUT2D eigenvalue weighted by atomic mass is 79.9. The normalized spacial score (nSPS) is 20.8. The Hall–Kier alpha value is -2.10. The summed E-state index contributed by atoms with van der Waals surface area (Å²) in [6.07, 6.45) is 1.32. The minimum absolute atomic E-state index is 0.0778. The van der Waals surface area contributed by atoms with E-state index < -0.39 is 0 Å². The first-order valence-electron chi connectivity index (χ1n) is 8.42. The van der Waals surface area contributed by atoms with Gasteiger partial charge in [0.2, 0.25) is 0 Å². The van der Waals surface area contributed by atoms with E-state index in [4.69, 9.17) is 5.73 Å². The molecule has 4 nitrogen and oxygen atoms in total. The molecular formula is C20H18BrN3OS. The fourth-order valence-electron chi connectivity index (χ4n) is 3.97. The first kappa shape index (κ1) is 17.3. The van der Waals surface area contributed by atoms with Crippen molar-refractivity contribution in [3.8, 4) is 6.07 Å². The Bertz CT molecular complexity index is 995. The average molecular weight is 428 g/mol. The van der Waals surface area contributed by atoms with Crippen LogP contribution in [0.2, 0.25) is 0 Å². The Kier molecular flexibility index (Phi) is 3.98. The maximum absolute atomic E-state index is 13.1. The molecular weight excluding hydrogens is 410 g/mol. The van der Waals surface area contributed by atoms with E-state index in [1.165, 1.54) is 11.3 Å². The number of hydrogen-bond acceptors (Lipinski definition) is 5. The third kappa shape index (κ3) is 2.67. The van der Waals surface area contributed by atoms with Gasteiger partial charge in [-0.2, -0.15) is 5.26 Å². The monoisotopic (exact) mass is 427 g/mol. The van der Waals surface area contributed by atoms with Crippen LogP contribution in [0.5, 0.6) is 0 Å². The van der Waals surface area contributed by atoms with E-state index in [-0.39, 0.29) is 17.1 Å². The molecule has 1 aliphatic heterocycles. The summed E-state index contributed by atoms with van der Waals surface area (Å²) >= 11 is 4.84. The van der Waals surface area contributed by atoms with E-state index in [1.54, 1.807) is 0 Å². The molecule has 3 N–H and O–H groups in total. The Balaban J connectivity index is 1.96. The zero-order valence-electron chi connectivity index (χ0n) is 14.5. The number of halogens is 1. The minimum Gasteiger partial charge on any atom is -0.397 e. The maximum atomic E-state index is 13.1. The molecule has 0 unspecified atom stereocenters. The fraction of sp³-hybridized carbons (Fsp3) is 0.300. The lowest BCUT2D eigenvalue weighted by atomic mass is 9.69. The van der Waals surface area contributed by atoms with E-state index in [1.807, 2.05) is 24.3 Å². The molecule has 26 heavy (non-hydrogen) atoms. The lowest BCUT2D eigenvalue weighted by Gasteiger charge is -2.38. The molecule has 0 amide bonds. The molecule has 0 spiro atoms. The predicted octanol–water partition coefficient (Wildman–Crippen LogP) is 5.17. The zero-order chi connectivity index (χ0) is 18.6. The van der Waals surface area contributed by atoms with E-state index in [0.29, 0.717) is 17.0 Å². The molecule has 2 heterocycles. The van der Waals surface area contributed by atoms with Gasteiger partial charge in [-0.25, -0.2) is 0 Å². The van der Waals surface area contributed by atoms with Gasteiger partial charge in [-0.1, -0.05) is 41.9 Å². The third-order valence-corrected chi connectivity index (χ3v) is 6.62. The number of Topliss-reactive ketones (excluding diaryl/α,β-unsaturated/α-hetero) is 1. The Morgan fingerprint density at radius 1 is 1.31 bits per heavy atom. The molecule has 1 aromatic heterocycles. The summed E-state index contributed by atoms with van der Waals surface area (Å²) in [4.78, 5) is 13.6. The van der Waals surface area contributed by atoms with E-state index >= 15 is 0 Å². The van der Waals surface area contributed by atoms with Crippen molar-refractivity contribution in [2.45, 2.75) is 32.6 Å². The highest BCUT2D eigenvalue weighted by molar-refractivity contribution is 9.10. The Morgan fingerprint density at radius 2 is 2.00 bits per heavy atom. The quantitative estimate of drug-likeness (QED) is 0.657. The van der Waals surface area contributed by atoms with Crippen LogP contribution in [0.15, 0.2) is 40.0 Å². The summed E-state index contributed by atoms with van der Waals surface area (Å²) < 4.78 is 0.983. The van der Waals surface area contributed by atoms with Crippen LogP contribution in [0.4, 0.5) is 10.7 Å². The van der Waals surface area contributed by atoms with Crippen molar-refractivity contribution in [1.29, 1.82) is 5.26 Å². The number of nitrogens with two attached hydrogens (primary N) is 1. The smallest absolute Gasteiger partial charge is 0.162 e. The number of hydrogen-bond donors (Lipinski definition) is 2. The molecule has 0 fully saturated rings. The van der Waals surface area contributed by atoms with Gasteiger partial charge in [-0.15, -0.1) is 11.3 Å². The van der Waals surface area contributed by atoms with Crippen LogP contribution in [0, 0.1) is 16.7 Å². The van der Waals surface area contributed by atoms with Crippen LogP contribution >= 0.6 is 27.3 Å². The number of nitrogen functional groups attached to an aromatic ring is 1. The summed E-state index contributed by atoms with van der Waals surface area (Å²) in [5.74, 6) is -0.0669.